The first-order chi connectivity index (χ1) is 9.90. The topological polar surface area (TPSA) is 46.3 Å². The number of hydrogen-bond donors (Lipinski definition) is 1. The third kappa shape index (κ3) is 4.21. The highest BCUT2D eigenvalue weighted by Crippen LogP contribution is 2.29. The van der Waals surface area contributed by atoms with Crippen LogP contribution in [-0.4, -0.2) is 23.4 Å². The smallest absolute Gasteiger partial charge is 0.230 e. The van der Waals surface area contributed by atoms with Crippen LogP contribution in [0.1, 0.15) is 46.1 Å². The second-order valence-corrected chi connectivity index (χ2v) is 6.28. The van der Waals surface area contributed by atoms with Gasteiger partial charge in [-0.05, 0) is 44.4 Å². The van der Waals surface area contributed by atoms with E-state index in [1.165, 1.54) is 0 Å². The Balaban J connectivity index is 3.04. The maximum absolute atomic E-state index is 13.0. The highest BCUT2D eigenvalue weighted by atomic mass is 35.5. The minimum absolute atomic E-state index is 0.125. The molecule has 0 aliphatic heterocycles. The Morgan fingerprint density at radius 3 is 2.38 bits per heavy atom. The second-order valence-electron chi connectivity index (χ2n) is 5.85. The van der Waals surface area contributed by atoms with Crippen LogP contribution in [0.15, 0.2) is 24.3 Å². The van der Waals surface area contributed by atoms with E-state index in [1.807, 2.05) is 56.9 Å². The van der Waals surface area contributed by atoms with Crippen molar-refractivity contribution in [2.45, 2.75) is 53.1 Å². The molecule has 1 aromatic rings. The van der Waals surface area contributed by atoms with Crippen molar-refractivity contribution in [3.8, 4) is 0 Å². The van der Waals surface area contributed by atoms with E-state index >= 15 is 0 Å². The maximum Gasteiger partial charge on any atom is 0.230 e. The molecular weight excluding hydrogens is 284 g/mol. The molecule has 0 aliphatic carbocycles. The molecule has 0 radical (unpaired) electrons. The number of nitrogens with zero attached hydrogens (tertiary/aromatic N) is 1. The summed E-state index contributed by atoms with van der Waals surface area (Å²) in [6, 6.07) is 7.79. The number of hydrogen-bond acceptors (Lipinski definition) is 2. The van der Waals surface area contributed by atoms with Crippen molar-refractivity contribution in [3.63, 3.8) is 0 Å². The van der Waals surface area contributed by atoms with Gasteiger partial charge in [0, 0.05) is 24.2 Å². The van der Waals surface area contributed by atoms with Crippen molar-refractivity contribution in [2.24, 2.45) is 11.1 Å². The maximum atomic E-state index is 13.0. The van der Waals surface area contributed by atoms with Gasteiger partial charge in [0.15, 0.2) is 0 Å². The van der Waals surface area contributed by atoms with Crippen LogP contribution in [0.25, 0.3) is 0 Å². The average molecular weight is 311 g/mol. The Kier molecular flexibility index (Phi) is 6.69. The Morgan fingerprint density at radius 1 is 1.33 bits per heavy atom. The number of amides is 1. The second kappa shape index (κ2) is 7.81. The molecule has 0 atom stereocenters. The van der Waals surface area contributed by atoms with E-state index in [0.29, 0.717) is 18.1 Å². The van der Waals surface area contributed by atoms with E-state index < -0.39 is 5.41 Å². The van der Waals surface area contributed by atoms with Crippen molar-refractivity contribution < 1.29 is 4.79 Å². The molecule has 2 N–H and O–H groups in total. The monoisotopic (exact) mass is 310 g/mol. The van der Waals surface area contributed by atoms with Crippen molar-refractivity contribution in [1.82, 2.24) is 4.90 Å². The Morgan fingerprint density at radius 2 is 1.95 bits per heavy atom. The van der Waals surface area contributed by atoms with Gasteiger partial charge in [0.1, 0.15) is 0 Å². The fourth-order valence-corrected chi connectivity index (χ4v) is 2.77. The van der Waals surface area contributed by atoms with Crippen molar-refractivity contribution in [2.75, 3.05) is 6.54 Å². The van der Waals surface area contributed by atoms with Crippen molar-refractivity contribution >= 4 is 17.5 Å². The lowest BCUT2D eigenvalue weighted by Crippen LogP contribution is -2.49. The lowest BCUT2D eigenvalue weighted by molar-refractivity contribution is -0.144. The van der Waals surface area contributed by atoms with E-state index in [2.05, 4.69) is 0 Å². The van der Waals surface area contributed by atoms with Crippen LogP contribution in [-0.2, 0) is 11.3 Å². The SMILES string of the molecule is CCC(CC)(CN)C(=O)N(Cc1cccc(Cl)c1)C(C)C. The van der Waals surface area contributed by atoms with Crippen LogP contribution in [0.3, 0.4) is 0 Å². The van der Waals surface area contributed by atoms with Gasteiger partial charge in [0.2, 0.25) is 5.91 Å². The summed E-state index contributed by atoms with van der Waals surface area (Å²) in [5.41, 5.74) is 6.51. The predicted molar refractivity (Wildman–Crippen MR) is 89.2 cm³/mol. The fraction of sp³-hybridized carbons (Fsp3) is 0.588. The first kappa shape index (κ1) is 18.0. The molecule has 0 fully saturated rings. The summed E-state index contributed by atoms with van der Waals surface area (Å²) in [5.74, 6) is 0.143. The van der Waals surface area contributed by atoms with Crippen LogP contribution in [0.5, 0.6) is 0 Å². The van der Waals surface area contributed by atoms with Gasteiger partial charge in [0.05, 0.1) is 5.41 Å². The number of nitrogens with two attached hydrogens (primary N) is 1. The van der Waals surface area contributed by atoms with E-state index in [9.17, 15) is 4.79 Å². The lowest BCUT2D eigenvalue weighted by atomic mass is 9.80. The van der Waals surface area contributed by atoms with Crippen LogP contribution in [0, 0.1) is 5.41 Å². The van der Waals surface area contributed by atoms with Crippen LogP contribution >= 0.6 is 11.6 Å². The summed E-state index contributed by atoms with van der Waals surface area (Å²) in [7, 11) is 0. The minimum atomic E-state index is -0.456. The Bertz CT molecular complexity index is 461. The zero-order valence-corrected chi connectivity index (χ0v) is 14.3. The molecule has 1 aromatic carbocycles. The van der Waals surface area contributed by atoms with E-state index in [4.69, 9.17) is 17.3 Å². The summed E-state index contributed by atoms with van der Waals surface area (Å²) in [4.78, 5) is 14.9. The number of carbonyl (C=O) groups is 1. The summed E-state index contributed by atoms with van der Waals surface area (Å²) in [6.45, 7) is 9.10. The third-order valence-corrected chi connectivity index (χ3v) is 4.56. The molecule has 0 unspecified atom stereocenters. The average Bonchev–Trinajstić information content (AvgIpc) is 2.47. The van der Waals surface area contributed by atoms with Crippen LogP contribution in [0.2, 0.25) is 5.02 Å². The van der Waals surface area contributed by atoms with Gasteiger partial charge in [0.25, 0.3) is 0 Å². The van der Waals surface area contributed by atoms with E-state index in [-0.39, 0.29) is 11.9 Å². The molecule has 0 spiro atoms. The quantitative estimate of drug-likeness (QED) is 0.831. The summed E-state index contributed by atoms with van der Waals surface area (Å²) >= 11 is 6.04. The third-order valence-electron chi connectivity index (χ3n) is 4.32. The van der Waals surface area contributed by atoms with Gasteiger partial charge in [-0.15, -0.1) is 0 Å². The van der Waals surface area contributed by atoms with Gasteiger partial charge in [-0.25, -0.2) is 0 Å². The van der Waals surface area contributed by atoms with Gasteiger partial charge in [-0.2, -0.15) is 0 Å². The summed E-state index contributed by atoms with van der Waals surface area (Å²) in [5, 5.41) is 0.694. The highest BCUT2D eigenvalue weighted by molar-refractivity contribution is 6.30. The number of rotatable bonds is 7. The molecule has 0 saturated carbocycles. The fourth-order valence-electron chi connectivity index (χ4n) is 2.55. The molecule has 4 heteroatoms. The molecular formula is C17H27ClN2O. The van der Waals surface area contributed by atoms with E-state index in [1.54, 1.807) is 0 Å². The van der Waals surface area contributed by atoms with Crippen LogP contribution < -0.4 is 5.73 Å². The lowest BCUT2D eigenvalue weighted by Gasteiger charge is -2.37. The van der Waals surface area contributed by atoms with Gasteiger partial charge < -0.3 is 10.6 Å². The largest absolute Gasteiger partial charge is 0.335 e. The Labute approximate surface area is 133 Å². The first-order valence-electron chi connectivity index (χ1n) is 7.65. The standard InChI is InChI=1S/C17H27ClN2O/c1-5-17(6-2,12-19)16(21)20(13(3)4)11-14-8-7-9-15(18)10-14/h7-10,13H,5-6,11-12,19H2,1-4H3. The Hall–Kier alpha value is -1.06. The zero-order valence-electron chi connectivity index (χ0n) is 13.5. The zero-order chi connectivity index (χ0) is 16.0. The molecule has 0 bridgehead atoms. The van der Waals surface area contributed by atoms with Gasteiger partial charge in [-0.1, -0.05) is 37.6 Å². The molecule has 1 rings (SSSR count). The van der Waals surface area contributed by atoms with Crippen molar-refractivity contribution in [1.29, 1.82) is 0 Å². The highest BCUT2D eigenvalue weighted by Gasteiger charge is 2.37. The molecule has 0 saturated heterocycles. The first-order valence-corrected chi connectivity index (χ1v) is 8.03. The van der Waals surface area contributed by atoms with Gasteiger partial charge in [-0.3, -0.25) is 4.79 Å². The normalized spacial score (nSPS) is 11.8. The number of carbonyl (C=O) groups excluding carboxylic acids is 1. The molecule has 21 heavy (non-hydrogen) atoms. The van der Waals surface area contributed by atoms with Gasteiger partial charge >= 0.3 is 0 Å². The van der Waals surface area contributed by atoms with E-state index in [0.717, 1.165) is 18.4 Å². The molecule has 3 nitrogen and oxygen atoms in total. The molecule has 0 aliphatic rings. The number of benzene rings is 1. The van der Waals surface area contributed by atoms with Crippen LogP contribution in [0.4, 0.5) is 0 Å². The molecule has 0 heterocycles. The summed E-state index contributed by atoms with van der Waals surface area (Å²) in [6.07, 6.45) is 1.52. The molecule has 0 aromatic heterocycles. The minimum Gasteiger partial charge on any atom is -0.335 e. The summed E-state index contributed by atoms with van der Waals surface area (Å²) < 4.78 is 0. The number of halogens is 1. The molecule has 1 amide bonds. The predicted octanol–water partition coefficient (Wildman–Crippen LogP) is 3.84. The molecule has 118 valence electrons. The van der Waals surface area contributed by atoms with Crippen molar-refractivity contribution in [3.05, 3.63) is 34.9 Å².